The molecule has 1 aromatic carbocycles. The smallest absolute Gasteiger partial charge is 0.193 e. The van der Waals surface area contributed by atoms with Crippen molar-refractivity contribution in [2.75, 3.05) is 72.6 Å². The van der Waals surface area contributed by atoms with E-state index < -0.39 is 0 Å². The van der Waals surface area contributed by atoms with E-state index in [1.807, 2.05) is 7.05 Å². The molecule has 0 aliphatic carbocycles. The van der Waals surface area contributed by atoms with Crippen LogP contribution in [0.3, 0.4) is 0 Å². The Kier molecular flexibility index (Phi) is 9.22. The van der Waals surface area contributed by atoms with Crippen LogP contribution in [-0.2, 0) is 11.3 Å². The molecule has 3 heterocycles. The Bertz CT molecular complexity index is 657. The van der Waals surface area contributed by atoms with E-state index in [0.717, 1.165) is 45.4 Å². The van der Waals surface area contributed by atoms with Crippen LogP contribution in [0.4, 0.5) is 0 Å². The molecule has 4 rings (SSSR count). The van der Waals surface area contributed by atoms with Gasteiger partial charge in [0.05, 0.1) is 6.61 Å². The van der Waals surface area contributed by atoms with Gasteiger partial charge in [0.25, 0.3) is 0 Å². The number of piperazine rings is 1. The van der Waals surface area contributed by atoms with Crippen molar-refractivity contribution in [1.82, 2.24) is 20.0 Å². The Morgan fingerprint density at radius 3 is 2.53 bits per heavy atom. The van der Waals surface area contributed by atoms with Crippen LogP contribution in [0.2, 0.25) is 0 Å². The topological polar surface area (TPSA) is 43.3 Å². The highest BCUT2D eigenvalue weighted by Crippen LogP contribution is 2.38. The molecule has 1 spiro atoms. The number of nitrogens with one attached hydrogen (secondary N) is 1. The molecule has 1 N–H and O–H groups in total. The van der Waals surface area contributed by atoms with Crippen molar-refractivity contribution in [2.45, 2.75) is 25.8 Å². The summed E-state index contributed by atoms with van der Waals surface area (Å²) in [6, 6.07) is 10.8. The summed E-state index contributed by atoms with van der Waals surface area (Å²) in [5, 5.41) is 3.60. The number of hydrogen-bond acceptors (Lipinski definition) is 4. The Labute approximate surface area is 199 Å². The minimum atomic E-state index is 0. The van der Waals surface area contributed by atoms with Crippen LogP contribution < -0.4 is 5.32 Å². The standard InChI is InChI=1S/C23H37N5O.HI/c1-24-22(28-12-8-23(19-28)9-17-29-20-23)25-10-5-11-26-13-15-27(16-14-26)18-21-6-3-2-4-7-21;/h2-4,6-7H,5,8-20H2,1H3,(H,24,25);1H. The average molecular weight is 527 g/mol. The molecule has 7 heteroatoms. The normalized spacial score (nSPS) is 25.6. The van der Waals surface area contributed by atoms with E-state index in [9.17, 15) is 0 Å². The second kappa shape index (κ2) is 11.6. The Hall–Kier alpha value is -0.900. The Balaban J connectivity index is 0.00000256. The zero-order chi connectivity index (χ0) is 19.9. The van der Waals surface area contributed by atoms with Crippen LogP contribution in [0.5, 0.6) is 0 Å². The zero-order valence-electron chi connectivity index (χ0n) is 18.4. The first-order valence-electron chi connectivity index (χ1n) is 11.3. The van der Waals surface area contributed by atoms with Gasteiger partial charge >= 0.3 is 0 Å². The highest BCUT2D eigenvalue weighted by atomic mass is 127. The number of likely N-dealkylation sites (tertiary alicyclic amines) is 1. The molecule has 3 aliphatic heterocycles. The monoisotopic (exact) mass is 527 g/mol. The van der Waals surface area contributed by atoms with Crippen molar-refractivity contribution in [2.24, 2.45) is 10.4 Å². The number of guanidine groups is 1. The summed E-state index contributed by atoms with van der Waals surface area (Å²) in [6.45, 7) is 12.0. The molecule has 1 aromatic rings. The molecular formula is C23H38IN5O. The van der Waals surface area contributed by atoms with E-state index in [1.54, 1.807) is 0 Å². The molecular weight excluding hydrogens is 489 g/mol. The summed E-state index contributed by atoms with van der Waals surface area (Å²) in [5.41, 5.74) is 1.81. The molecule has 0 aromatic heterocycles. The van der Waals surface area contributed by atoms with Gasteiger partial charge in [-0.1, -0.05) is 30.3 Å². The van der Waals surface area contributed by atoms with Gasteiger partial charge in [0.1, 0.15) is 0 Å². The number of ether oxygens (including phenoxy) is 1. The molecule has 168 valence electrons. The molecule has 3 fully saturated rings. The lowest BCUT2D eigenvalue weighted by molar-refractivity contribution is 0.126. The van der Waals surface area contributed by atoms with E-state index >= 15 is 0 Å². The number of hydrogen-bond donors (Lipinski definition) is 1. The second-order valence-electron chi connectivity index (χ2n) is 8.91. The molecule has 3 aliphatic rings. The Morgan fingerprint density at radius 1 is 1.07 bits per heavy atom. The van der Waals surface area contributed by atoms with Crippen LogP contribution in [0, 0.1) is 5.41 Å². The lowest BCUT2D eigenvalue weighted by atomic mass is 9.87. The van der Waals surface area contributed by atoms with Crippen molar-refractivity contribution in [3.63, 3.8) is 0 Å². The van der Waals surface area contributed by atoms with Crippen LogP contribution in [0.15, 0.2) is 35.3 Å². The molecule has 30 heavy (non-hydrogen) atoms. The largest absolute Gasteiger partial charge is 0.381 e. The maximum absolute atomic E-state index is 5.65. The average Bonchev–Trinajstić information content (AvgIpc) is 3.40. The highest BCUT2D eigenvalue weighted by molar-refractivity contribution is 14.0. The number of aliphatic imine (C=N–C) groups is 1. The highest BCUT2D eigenvalue weighted by Gasteiger charge is 2.42. The van der Waals surface area contributed by atoms with Crippen molar-refractivity contribution >= 4 is 29.9 Å². The summed E-state index contributed by atoms with van der Waals surface area (Å²) in [5.74, 6) is 1.07. The minimum absolute atomic E-state index is 0. The summed E-state index contributed by atoms with van der Waals surface area (Å²) in [4.78, 5) is 12.1. The minimum Gasteiger partial charge on any atom is -0.381 e. The third kappa shape index (κ3) is 6.31. The van der Waals surface area contributed by atoms with Crippen LogP contribution in [0.1, 0.15) is 24.8 Å². The number of benzene rings is 1. The quantitative estimate of drug-likeness (QED) is 0.267. The molecule has 0 amide bonds. The predicted molar refractivity (Wildman–Crippen MR) is 134 cm³/mol. The van der Waals surface area contributed by atoms with Crippen LogP contribution in [0.25, 0.3) is 0 Å². The fourth-order valence-corrected chi connectivity index (χ4v) is 4.94. The molecule has 0 radical (unpaired) electrons. The van der Waals surface area contributed by atoms with Gasteiger partial charge in [-0.15, -0.1) is 24.0 Å². The molecule has 0 bridgehead atoms. The second-order valence-corrected chi connectivity index (χ2v) is 8.91. The number of halogens is 1. The predicted octanol–water partition coefficient (Wildman–Crippen LogP) is 2.50. The third-order valence-corrected chi connectivity index (χ3v) is 6.78. The van der Waals surface area contributed by atoms with Gasteiger partial charge in [0.2, 0.25) is 0 Å². The lowest BCUT2D eigenvalue weighted by Gasteiger charge is -2.34. The van der Waals surface area contributed by atoms with Gasteiger partial charge in [-0.2, -0.15) is 0 Å². The van der Waals surface area contributed by atoms with Gasteiger partial charge in [-0.3, -0.25) is 9.89 Å². The Morgan fingerprint density at radius 2 is 1.83 bits per heavy atom. The number of rotatable bonds is 6. The van der Waals surface area contributed by atoms with E-state index in [4.69, 9.17) is 4.74 Å². The summed E-state index contributed by atoms with van der Waals surface area (Å²) in [6.07, 6.45) is 3.61. The molecule has 1 atom stereocenters. The van der Waals surface area contributed by atoms with Crippen molar-refractivity contribution in [1.29, 1.82) is 0 Å². The first-order valence-corrected chi connectivity index (χ1v) is 11.3. The number of nitrogens with zero attached hydrogens (tertiary/aromatic N) is 4. The maximum atomic E-state index is 5.65. The summed E-state index contributed by atoms with van der Waals surface area (Å²) < 4.78 is 5.65. The van der Waals surface area contributed by atoms with E-state index in [2.05, 4.69) is 55.3 Å². The SMILES string of the molecule is CN=C(NCCCN1CCN(Cc2ccccc2)CC1)N1CCC2(CCOC2)C1.I. The van der Waals surface area contributed by atoms with Crippen molar-refractivity contribution < 1.29 is 4.74 Å². The molecule has 3 saturated heterocycles. The molecule has 1 unspecified atom stereocenters. The van der Waals surface area contributed by atoms with E-state index in [-0.39, 0.29) is 24.0 Å². The van der Waals surface area contributed by atoms with Gasteiger partial charge in [-0.05, 0) is 31.4 Å². The summed E-state index contributed by atoms with van der Waals surface area (Å²) in [7, 11) is 1.91. The maximum Gasteiger partial charge on any atom is 0.193 e. The fourth-order valence-electron chi connectivity index (χ4n) is 4.94. The van der Waals surface area contributed by atoms with Crippen LogP contribution in [-0.4, -0.2) is 93.3 Å². The van der Waals surface area contributed by atoms with Gasteiger partial charge in [-0.25, -0.2) is 0 Å². The molecule has 0 saturated carbocycles. The van der Waals surface area contributed by atoms with Gasteiger partial charge in [0, 0.05) is 71.4 Å². The zero-order valence-corrected chi connectivity index (χ0v) is 20.7. The van der Waals surface area contributed by atoms with Gasteiger partial charge in [0.15, 0.2) is 5.96 Å². The first kappa shape index (κ1) is 23.8. The van der Waals surface area contributed by atoms with Crippen molar-refractivity contribution in [3.05, 3.63) is 35.9 Å². The first-order chi connectivity index (χ1) is 14.3. The van der Waals surface area contributed by atoms with E-state index in [0.29, 0.717) is 5.41 Å². The fraction of sp³-hybridized carbons (Fsp3) is 0.696. The van der Waals surface area contributed by atoms with Crippen molar-refractivity contribution in [3.8, 4) is 0 Å². The lowest BCUT2D eigenvalue weighted by Crippen LogP contribution is -2.47. The van der Waals surface area contributed by atoms with E-state index in [1.165, 1.54) is 57.5 Å². The van der Waals surface area contributed by atoms with Gasteiger partial charge < -0.3 is 19.9 Å². The summed E-state index contributed by atoms with van der Waals surface area (Å²) >= 11 is 0. The third-order valence-electron chi connectivity index (χ3n) is 6.78. The molecule has 6 nitrogen and oxygen atoms in total. The van der Waals surface area contributed by atoms with Crippen LogP contribution >= 0.6 is 24.0 Å².